The van der Waals surface area contributed by atoms with Crippen molar-refractivity contribution in [1.82, 2.24) is 4.57 Å². The number of aromatic nitrogens is 1. The van der Waals surface area contributed by atoms with Crippen LogP contribution < -0.4 is 4.90 Å². The molecule has 0 spiro atoms. The molecule has 2 aromatic heterocycles. The number of anilines is 3. The zero-order chi connectivity index (χ0) is 41.7. The van der Waals surface area contributed by atoms with Gasteiger partial charge in [0.05, 0.1) is 22.4 Å². The molecule has 0 N–H and O–H groups in total. The molecule has 0 radical (unpaired) electrons. The van der Waals surface area contributed by atoms with Crippen LogP contribution in [-0.2, 0) is 0 Å². The minimum absolute atomic E-state index is 0.886. The van der Waals surface area contributed by atoms with Gasteiger partial charge in [-0.15, -0.1) is 0 Å². The van der Waals surface area contributed by atoms with Crippen LogP contribution in [0.15, 0.2) is 247 Å². The molecular weight excluding hydrogens is 765 g/mol. The monoisotopic (exact) mass is 804 g/mol. The quantitative estimate of drug-likeness (QED) is 0.153. The largest absolute Gasteiger partial charge is 0.455 e. The summed E-state index contributed by atoms with van der Waals surface area (Å²) in [6.07, 6.45) is 0. The maximum Gasteiger partial charge on any atom is 0.143 e. The maximum atomic E-state index is 6.62. The molecule has 0 fully saturated rings. The molecule has 296 valence electrons. The van der Waals surface area contributed by atoms with Gasteiger partial charge in [0.2, 0.25) is 0 Å². The lowest BCUT2D eigenvalue weighted by atomic mass is 9.98. The highest BCUT2D eigenvalue weighted by molar-refractivity contribution is 6.11. The molecule has 0 bridgehead atoms. The fourth-order valence-electron chi connectivity index (χ4n) is 9.46. The Balaban J connectivity index is 0.985. The third-order valence-electron chi connectivity index (χ3n) is 12.5. The van der Waals surface area contributed by atoms with Gasteiger partial charge < -0.3 is 13.9 Å². The summed E-state index contributed by atoms with van der Waals surface area (Å²) >= 11 is 0. The fraction of sp³-hybridized carbons (Fsp3) is 0. The third-order valence-corrected chi connectivity index (χ3v) is 12.5. The SMILES string of the molecule is c1ccc(-c2ccc(-c3ccc(N(c4ccc(-c5ccccc5-n5c6ccccc6c6ccccc65)cc4)c4ccccc4-c4cccc5c4oc4ccccc45)cc3)cc2)cc1. The smallest absolute Gasteiger partial charge is 0.143 e. The first-order chi connectivity index (χ1) is 31.3. The van der Waals surface area contributed by atoms with Gasteiger partial charge in [-0.2, -0.15) is 0 Å². The van der Waals surface area contributed by atoms with Crippen LogP contribution in [-0.4, -0.2) is 4.57 Å². The number of rotatable bonds is 8. The summed E-state index contributed by atoms with van der Waals surface area (Å²) in [7, 11) is 0. The summed E-state index contributed by atoms with van der Waals surface area (Å²) in [5.74, 6) is 0. The molecule has 3 heteroatoms. The molecule has 0 aliphatic rings. The standard InChI is InChI=1S/C60H40N2O/c1-2-15-41(16-3-1)42-29-31-43(32-30-42)44-33-37-46(38-34-44)61(56-25-10-7-20-51(56)53-22-14-23-54-52-21-8-13-28-59(52)63-60(53)54)47-39-35-45(36-40-47)48-17-4-9-24-55(48)62-57-26-11-5-18-49(57)50-19-6-12-27-58(50)62/h1-40H. The molecule has 0 saturated carbocycles. The number of fused-ring (bicyclic) bond motifs is 6. The lowest BCUT2D eigenvalue weighted by molar-refractivity contribution is 0.670. The zero-order valence-electron chi connectivity index (χ0n) is 34.4. The van der Waals surface area contributed by atoms with Gasteiger partial charge in [0.15, 0.2) is 0 Å². The van der Waals surface area contributed by atoms with E-state index in [2.05, 4.69) is 246 Å². The topological polar surface area (TPSA) is 21.3 Å². The van der Waals surface area contributed by atoms with Crippen LogP contribution in [0.1, 0.15) is 0 Å². The van der Waals surface area contributed by atoms with Crippen molar-refractivity contribution < 1.29 is 4.42 Å². The first-order valence-corrected chi connectivity index (χ1v) is 21.5. The number of hydrogen-bond acceptors (Lipinski definition) is 2. The lowest BCUT2D eigenvalue weighted by Crippen LogP contribution is -2.11. The van der Waals surface area contributed by atoms with Crippen molar-refractivity contribution in [2.75, 3.05) is 4.90 Å². The highest BCUT2D eigenvalue weighted by atomic mass is 16.3. The summed E-state index contributed by atoms with van der Waals surface area (Å²) in [4.78, 5) is 2.38. The van der Waals surface area contributed by atoms with Crippen molar-refractivity contribution in [1.29, 1.82) is 0 Å². The van der Waals surface area contributed by atoms with Crippen LogP contribution in [0.2, 0.25) is 0 Å². The summed E-state index contributed by atoms with van der Waals surface area (Å²) < 4.78 is 9.03. The molecule has 0 aliphatic heterocycles. The number of hydrogen-bond donors (Lipinski definition) is 0. The molecule has 0 atom stereocenters. The van der Waals surface area contributed by atoms with E-state index in [1.165, 1.54) is 44.1 Å². The molecular formula is C60H40N2O. The Morgan fingerprint density at radius 2 is 0.762 bits per heavy atom. The summed E-state index contributed by atoms with van der Waals surface area (Å²) in [5.41, 5.74) is 17.7. The van der Waals surface area contributed by atoms with E-state index in [0.717, 1.165) is 66.9 Å². The average molecular weight is 805 g/mol. The van der Waals surface area contributed by atoms with Crippen LogP contribution in [0.25, 0.3) is 93.9 Å². The first kappa shape index (κ1) is 36.5. The van der Waals surface area contributed by atoms with E-state index in [4.69, 9.17) is 4.42 Å². The van der Waals surface area contributed by atoms with Crippen molar-refractivity contribution in [2.45, 2.75) is 0 Å². The van der Waals surface area contributed by atoms with Crippen molar-refractivity contribution in [2.24, 2.45) is 0 Å². The molecule has 2 heterocycles. The Labute approximate surface area is 366 Å². The first-order valence-electron chi connectivity index (χ1n) is 21.5. The van der Waals surface area contributed by atoms with E-state index < -0.39 is 0 Å². The van der Waals surface area contributed by atoms with Gasteiger partial charge in [-0.05, 0) is 82.4 Å². The van der Waals surface area contributed by atoms with Gasteiger partial charge >= 0.3 is 0 Å². The Morgan fingerprint density at radius 3 is 1.43 bits per heavy atom. The van der Waals surface area contributed by atoms with E-state index in [-0.39, 0.29) is 0 Å². The van der Waals surface area contributed by atoms with Crippen LogP contribution in [0.3, 0.4) is 0 Å². The fourth-order valence-corrected chi connectivity index (χ4v) is 9.46. The normalized spacial score (nSPS) is 11.5. The molecule has 0 aliphatic carbocycles. The summed E-state index contributed by atoms with van der Waals surface area (Å²) in [5, 5.41) is 4.73. The van der Waals surface area contributed by atoms with Gasteiger partial charge in [-0.3, -0.25) is 0 Å². The molecule has 3 nitrogen and oxygen atoms in total. The van der Waals surface area contributed by atoms with Crippen LogP contribution in [0.4, 0.5) is 17.1 Å². The molecule has 0 unspecified atom stereocenters. The Bertz CT molecular complexity index is 3550. The minimum atomic E-state index is 0.886. The van der Waals surface area contributed by atoms with E-state index in [1.807, 2.05) is 6.07 Å². The minimum Gasteiger partial charge on any atom is -0.455 e. The van der Waals surface area contributed by atoms with Crippen molar-refractivity contribution in [3.63, 3.8) is 0 Å². The van der Waals surface area contributed by atoms with Gasteiger partial charge in [0.25, 0.3) is 0 Å². The van der Waals surface area contributed by atoms with Gasteiger partial charge in [-0.1, -0.05) is 188 Å². The predicted octanol–water partition coefficient (Wildman–Crippen LogP) is 16.8. The summed E-state index contributed by atoms with van der Waals surface area (Å²) in [6.45, 7) is 0. The number of nitrogens with zero attached hydrogens (tertiary/aromatic N) is 2. The Kier molecular flexibility index (Phi) is 8.83. The maximum absolute atomic E-state index is 6.62. The van der Waals surface area contributed by atoms with Crippen LogP contribution >= 0.6 is 0 Å². The highest BCUT2D eigenvalue weighted by Gasteiger charge is 2.21. The molecule has 0 saturated heterocycles. The second kappa shape index (κ2) is 15.3. The van der Waals surface area contributed by atoms with E-state index in [1.54, 1.807) is 0 Å². The van der Waals surface area contributed by atoms with Crippen LogP contribution in [0, 0.1) is 0 Å². The van der Waals surface area contributed by atoms with Crippen LogP contribution in [0.5, 0.6) is 0 Å². The van der Waals surface area contributed by atoms with Gasteiger partial charge in [0.1, 0.15) is 11.2 Å². The number of para-hydroxylation sites is 6. The third kappa shape index (κ3) is 6.29. The molecule has 12 rings (SSSR count). The Morgan fingerprint density at radius 1 is 0.302 bits per heavy atom. The zero-order valence-corrected chi connectivity index (χ0v) is 34.4. The second-order valence-corrected chi connectivity index (χ2v) is 16.1. The number of furan rings is 1. The van der Waals surface area contributed by atoms with E-state index in [0.29, 0.717) is 0 Å². The van der Waals surface area contributed by atoms with E-state index >= 15 is 0 Å². The number of benzene rings is 10. The van der Waals surface area contributed by atoms with Crippen molar-refractivity contribution >= 4 is 60.8 Å². The van der Waals surface area contributed by atoms with Crippen molar-refractivity contribution in [3.8, 4) is 50.2 Å². The highest BCUT2D eigenvalue weighted by Crippen LogP contribution is 2.45. The van der Waals surface area contributed by atoms with Crippen molar-refractivity contribution in [3.05, 3.63) is 243 Å². The Hall–Kier alpha value is -8.40. The molecule has 63 heavy (non-hydrogen) atoms. The average Bonchev–Trinajstić information content (AvgIpc) is 3.91. The summed E-state index contributed by atoms with van der Waals surface area (Å²) in [6, 6.07) is 87.0. The van der Waals surface area contributed by atoms with E-state index in [9.17, 15) is 0 Å². The molecule has 0 amide bonds. The second-order valence-electron chi connectivity index (χ2n) is 16.1. The predicted molar refractivity (Wildman–Crippen MR) is 264 cm³/mol. The molecule has 12 aromatic rings. The van der Waals surface area contributed by atoms with Gasteiger partial charge in [-0.25, -0.2) is 0 Å². The molecule has 10 aromatic carbocycles. The van der Waals surface area contributed by atoms with Gasteiger partial charge in [0, 0.05) is 49.6 Å². The lowest BCUT2D eigenvalue weighted by Gasteiger charge is -2.28.